The molecule has 0 radical (unpaired) electrons. The SMILES string of the molecule is COC[C@@]12C[C@@H](C(=O)O)N(C(=O)Cn3cc(C(C)=O)c4cccnc43)[C@@H]1C2. The summed E-state index contributed by atoms with van der Waals surface area (Å²) in [6.45, 7) is 1.87. The van der Waals surface area contributed by atoms with E-state index < -0.39 is 12.0 Å². The van der Waals surface area contributed by atoms with Crippen LogP contribution in [0.3, 0.4) is 0 Å². The molecule has 3 atom stereocenters. The molecular weight excluding hydrogens is 350 g/mol. The second-order valence-corrected chi connectivity index (χ2v) is 7.48. The topological polar surface area (TPSA) is 102 Å². The molecule has 4 rings (SSSR count). The van der Waals surface area contributed by atoms with Gasteiger partial charge in [-0.2, -0.15) is 0 Å². The number of hydrogen-bond donors (Lipinski definition) is 1. The average Bonchev–Trinajstić information content (AvgIpc) is 3.03. The summed E-state index contributed by atoms with van der Waals surface area (Å²) >= 11 is 0. The van der Waals surface area contributed by atoms with Crippen LogP contribution in [-0.2, 0) is 20.9 Å². The van der Waals surface area contributed by atoms with E-state index in [1.165, 1.54) is 11.8 Å². The number of rotatable bonds is 6. The number of methoxy groups -OCH3 is 1. The Morgan fingerprint density at radius 3 is 2.81 bits per heavy atom. The number of piperidine rings is 1. The number of carboxylic acid groups (broad SMARTS) is 1. The average molecular weight is 371 g/mol. The smallest absolute Gasteiger partial charge is 0.326 e. The number of carboxylic acids is 1. The molecule has 2 fully saturated rings. The summed E-state index contributed by atoms with van der Waals surface area (Å²) in [5.41, 5.74) is 0.804. The Morgan fingerprint density at radius 2 is 2.15 bits per heavy atom. The predicted molar refractivity (Wildman–Crippen MR) is 95.3 cm³/mol. The van der Waals surface area contributed by atoms with Crippen LogP contribution in [0.25, 0.3) is 11.0 Å². The van der Waals surface area contributed by atoms with Crippen molar-refractivity contribution in [1.82, 2.24) is 14.5 Å². The van der Waals surface area contributed by atoms with Crippen molar-refractivity contribution in [3.63, 3.8) is 0 Å². The zero-order valence-corrected chi connectivity index (χ0v) is 15.2. The van der Waals surface area contributed by atoms with E-state index in [4.69, 9.17) is 4.74 Å². The lowest BCUT2D eigenvalue weighted by Gasteiger charge is -2.24. The lowest BCUT2D eigenvalue weighted by Crippen LogP contribution is -2.44. The highest BCUT2D eigenvalue weighted by molar-refractivity contribution is 6.06. The minimum absolute atomic E-state index is 0.0515. The van der Waals surface area contributed by atoms with E-state index >= 15 is 0 Å². The van der Waals surface area contributed by atoms with Gasteiger partial charge in [-0.3, -0.25) is 9.59 Å². The molecular formula is C19H21N3O5. The first-order valence-corrected chi connectivity index (χ1v) is 8.85. The number of ketones is 1. The Kier molecular flexibility index (Phi) is 4.03. The van der Waals surface area contributed by atoms with Gasteiger partial charge in [0.25, 0.3) is 0 Å². The molecule has 0 spiro atoms. The van der Waals surface area contributed by atoms with Crippen LogP contribution in [0, 0.1) is 5.41 Å². The number of nitrogens with zero attached hydrogens (tertiary/aromatic N) is 3. The normalized spacial score (nSPS) is 26.2. The first kappa shape index (κ1) is 17.7. The van der Waals surface area contributed by atoms with Gasteiger partial charge >= 0.3 is 5.97 Å². The van der Waals surface area contributed by atoms with Gasteiger partial charge in [0.05, 0.1) is 6.61 Å². The van der Waals surface area contributed by atoms with Gasteiger partial charge in [-0.25, -0.2) is 9.78 Å². The van der Waals surface area contributed by atoms with Crippen LogP contribution in [0.15, 0.2) is 24.5 Å². The fraction of sp³-hybridized carbons (Fsp3) is 0.474. The van der Waals surface area contributed by atoms with Crippen LogP contribution < -0.4 is 0 Å². The third kappa shape index (κ3) is 2.71. The third-order valence-electron chi connectivity index (χ3n) is 5.74. The van der Waals surface area contributed by atoms with E-state index in [-0.39, 0.29) is 29.7 Å². The summed E-state index contributed by atoms with van der Waals surface area (Å²) in [7, 11) is 1.59. The second-order valence-electron chi connectivity index (χ2n) is 7.48. The Morgan fingerprint density at radius 1 is 1.37 bits per heavy atom. The van der Waals surface area contributed by atoms with Gasteiger partial charge in [-0.1, -0.05) is 0 Å². The maximum atomic E-state index is 13.0. The zero-order chi connectivity index (χ0) is 19.3. The van der Waals surface area contributed by atoms with E-state index in [2.05, 4.69) is 4.98 Å². The number of carbonyl (C=O) groups excluding carboxylic acids is 2. The number of aliphatic carboxylic acids is 1. The quantitative estimate of drug-likeness (QED) is 0.769. The number of pyridine rings is 1. The van der Waals surface area contributed by atoms with Crippen molar-refractivity contribution in [2.24, 2.45) is 5.41 Å². The number of hydrogen-bond acceptors (Lipinski definition) is 5. The van der Waals surface area contributed by atoms with Gasteiger partial charge in [0.2, 0.25) is 5.91 Å². The zero-order valence-electron chi connectivity index (χ0n) is 15.2. The number of amides is 1. The Hall–Kier alpha value is -2.74. The van der Waals surface area contributed by atoms with Gasteiger partial charge in [-0.15, -0.1) is 0 Å². The number of ether oxygens (including phenoxy) is 1. The van der Waals surface area contributed by atoms with Crippen molar-refractivity contribution in [2.45, 2.75) is 38.4 Å². The molecule has 0 bridgehead atoms. The minimum atomic E-state index is -0.994. The van der Waals surface area contributed by atoms with E-state index in [0.29, 0.717) is 29.6 Å². The molecule has 1 aliphatic carbocycles. The highest BCUT2D eigenvalue weighted by atomic mass is 16.5. The fourth-order valence-corrected chi connectivity index (χ4v) is 4.45. The molecule has 1 N–H and O–H groups in total. The van der Waals surface area contributed by atoms with Gasteiger partial charge in [0.15, 0.2) is 5.78 Å². The molecule has 1 saturated heterocycles. The molecule has 0 aromatic carbocycles. The highest BCUT2D eigenvalue weighted by Crippen LogP contribution is 2.59. The van der Waals surface area contributed by atoms with Crippen molar-refractivity contribution in [1.29, 1.82) is 0 Å². The summed E-state index contributed by atoms with van der Waals surface area (Å²) in [6, 6.07) is 2.59. The molecule has 1 saturated carbocycles. The molecule has 1 amide bonds. The van der Waals surface area contributed by atoms with E-state index in [1.54, 1.807) is 36.2 Å². The molecule has 2 aromatic heterocycles. The monoisotopic (exact) mass is 371 g/mol. The summed E-state index contributed by atoms with van der Waals surface area (Å²) in [5, 5.41) is 10.3. The number of Topliss-reactive ketones (excluding diaryl/α,β-unsaturated/α-hetero) is 1. The van der Waals surface area contributed by atoms with Crippen molar-refractivity contribution in [3.8, 4) is 0 Å². The van der Waals surface area contributed by atoms with Crippen LogP contribution in [0.2, 0.25) is 0 Å². The molecule has 142 valence electrons. The van der Waals surface area contributed by atoms with Crippen LogP contribution >= 0.6 is 0 Å². The number of aromatic nitrogens is 2. The van der Waals surface area contributed by atoms with E-state index in [1.807, 2.05) is 0 Å². The van der Waals surface area contributed by atoms with Gasteiger partial charge in [0, 0.05) is 41.9 Å². The molecule has 8 nitrogen and oxygen atoms in total. The van der Waals surface area contributed by atoms with Crippen LogP contribution in [0.5, 0.6) is 0 Å². The number of fused-ring (bicyclic) bond motifs is 2. The predicted octanol–water partition coefficient (Wildman–Crippen LogP) is 1.33. The number of carbonyl (C=O) groups is 3. The standard InChI is InChI=1S/C19H21N3O5/c1-11(23)13-8-21(17-12(13)4-3-5-20-17)9-16(24)22-14(18(25)26)6-19(10-27-2)7-15(19)22/h3-5,8,14-15H,6-7,9-10H2,1-2H3,(H,25,26)/t14-,15+,19-/m0/s1. The van der Waals surface area contributed by atoms with Gasteiger partial charge in [0.1, 0.15) is 18.2 Å². The summed E-state index contributed by atoms with van der Waals surface area (Å²) in [4.78, 5) is 42.4. The summed E-state index contributed by atoms with van der Waals surface area (Å²) < 4.78 is 6.88. The van der Waals surface area contributed by atoms with Crippen LogP contribution in [-0.4, -0.2) is 63.0 Å². The van der Waals surface area contributed by atoms with Crippen LogP contribution in [0.1, 0.15) is 30.1 Å². The molecule has 1 aliphatic heterocycles. The first-order valence-electron chi connectivity index (χ1n) is 8.85. The van der Waals surface area contributed by atoms with Crippen LogP contribution in [0.4, 0.5) is 0 Å². The van der Waals surface area contributed by atoms with Crippen molar-refractivity contribution in [2.75, 3.05) is 13.7 Å². The van der Waals surface area contributed by atoms with E-state index in [0.717, 1.165) is 6.42 Å². The fourth-order valence-electron chi connectivity index (χ4n) is 4.45. The molecule has 2 aromatic rings. The maximum Gasteiger partial charge on any atom is 0.326 e. The molecule has 3 heterocycles. The highest BCUT2D eigenvalue weighted by Gasteiger charge is 2.67. The number of likely N-dealkylation sites (tertiary alicyclic amines) is 1. The molecule has 27 heavy (non-hydrogen) atoms. The lowest BCUT2D eigenvalue weighted by atomic mass is 10.0. The Labute approximate surface area is 155 Å². The van der Waals surface area contributed by atoms with Crippen molar-refractivity contribution < 1.29 is 24.2 Å². The lowest BCUT2D eigenvalue weighted by molar-refractivity contribution is -0.149. The van der Waals surface area contributed by atoms with E-state index in [9.17, 15) is 19.5 Å². The Bertz CT molecular complexity index is 952. The van der Waals surface area contributed by atoms with Crippen molar-refractivity contribution >= 4 is 28.7 Å². The summed E-state index contributed by atoms with van der Waals surface area (Å²) in [6.07, 6.45) is 4.41. The largest absolute Gasteiger partial charge is 0.480 e. The van der Waals surface area contributed by atoms with Crippen molar-refractivity contribution in [3.05, 3.63) is 30.1 Å². The molecule has 2 aliphatic rings. The minimum Gasteiger partial charge on any atom is -0.480 e. The van der Waals surface area contributed by atoms with Gasteiger partial charge < -0.3 is 19.3 Å². The first-order chi connectivity index (χ1) is 12.9. The summed E-state index contributed by atoms with van der Waals surface area (Å²) in [5.74, 6) is -1.38. The third-order valence-corrected chi connectivity index (χ3v) is 5.74. The molecule has 8 heteroatoms. The molecule has 0 unspecified atom stereocenters. The maximum absolute atomic E-state index is 13.0. The second kappa shape index (κ2) is 6.16. The Balaban J connectivity index is 1.64. The van der Waals surface area contributed by atoms with Gasteiger partial charge in [-0.05, 0) is 31.9 Å².